The van der Waals surface area contributed by atoms with E-state index in [-0.39, 0.29) is 18.7 Å². The Labute approximate surface area is 144 Å². The summed E-state index contributed by atoms with van der Waals surface area (Å²) in [7, 11) is 0. The molecule has 3 rings (SSSR count). The SMILES string of the molecule is Cc1ccccc1C(CC(=O)O)NC(=O)Cc1[nH]nc2ccccc12. The average Bonchev–Trinajstić information content (AvgIpc) is 2.97. The van der Waals surface area contributed by atoms with Crippen LogP contribution in [0.5, 0.6) is 0 Å². The second kappa shape index (κ2) is 7.17. The first kappa shape index (κ1) is 16.7. The van der Waals surface area contributed by atoms with E-state index < -0.39 is 12.0 Å². The predicted molar refractivity (Wildman–Crippen MR) is 94.1 cm³/mol. The second-order valence-electron chi connectivity index (χ2n) is 5.97. The van der Waals surface area contributed by atoms with E-state index in [0.717, 1.165) is 22.0 Å². The molecule has 3 N–H and O–H groups in total. The number of hydrogen-bond donors (Lipinski definition) is 3. The first-order valence-electron chi connectivity index (χ1n) is 8.03. The fourth-order valence-electron chi connectivity index (χ4n) is 2.95. The van der Waals surface area contributed by atoms with Gasteiger partial charge in [-0.2, -0.15) is 5.10 Å². The summed E-state index contributed by atoms with van der Waals surface area (Å²) in [4.78, 5) is 23.7. The number of aromatic nitrogens is 2. The van der Waals surface area contributed by atoms with Crippen molar-refractivity contribution in [2.75, 3.05) is 0 Å². The van der Waals surface area contributed by atoms with Crippen LogP contribution in [0.1, 0.15) is 29.3 Å². The summed E-state index contributed by atoms with van der Waals surface area (Å²) in [6.07, 6.45) is -0.0527. The van der Waals surface area contributed by atoms with Gasteiger partial charge in [0.2, 0.25) is 5.91 Å². The van der Waals surface area contributed by atoms with Gasteiger partial charge >= 0.3 is 5.97 Å². The van der Waals surface area contributed by atoms with Crippen molar-refractivity contribution in [1.82, 2.24) is 15.5 Å². The van der Waals surface area contributed by atoms with Crippen molar-refractivity contribution in [3.8, 4) is 0 Å². The maximum atomic E-state index is 12.5. The number of rotatable bonds is 6. The number of carbonyl (C=O) groups excluding carboxylic acids is 1. The standard InChI is InChI=1S/C19H19N3O3/c1-12-6-2-3-7-13(12)16(11-19(24)25)20-18(23)10-17-14-8-4-5-9-15(14)21-22-17/h2-9,16H,10-11H2,1H3,(H,20,23)(H,21,22)(H,24,25). The number of fused-ring (bicyclic) bond motifs is 1. The zero-order chi connectivity index (χ0) is 17.8. The van der Waals surface area contributed by atoms with Gasteiger partial charge in [0.1, 0.15) is 0 Å². The number of carbonyl (C=O) groups is 2. The molecule has 0 radical (unpaired) electrons. The molecule has 1 unspecified atom stereocenters. The maximum absolute atomic E-state index is 12.5. The molecular formula is C19H19N3O3. The van der Waals surface area contributed by atoms with Crippen molar-refractivity contribution in [2.24, 2.45) is 0 Å². The highest BCUT2D eigenvalue weighted by atomic mass is 16.4. The van der Waals surface area contributed by atoms with E-state index in [1.165, 1.54) is 0 Å². The van der Waals surface area contributed by atoms with Crippen molar-refractivity contribution in [2.45, 2.75) is 25.8 Å². The quantitative estimate of drug-likeness (QED) is 0.644. The zero-order valence-electron chi connectivity index (χ0n) is 13.8. The molecule has 1 amide bonds. The zero-order valence-corrected chi connectivity index (χ0v) is 13.8. The van der Waals surface area contributed by atoms with Gasteiger partial charge in [0.15, 0.2) is 0 Å². The molecular weight excluding hydrogens is 318 g/mol. The fraction of sp³-hybridized carbons (Fsp3) is 0.211. The highest BCUT2D eigenvalue weighted by Crippen LogP contribution is 2.21. The predicted octanol–water partition coefficient (Wildman–Crippen LogP) is 2.75. The van der Waals surface area contributed by atoms with Crippen molar-refractivity contribution in [3.05, 3.63) is 65.4 Å². The molecule has 0 aliphatic rings. The number of H-pyrrole nitrogens is 1. The van der Waals surface area contributed by atoms with Crippen LogP contribution in [0.4, 0.5) is 0 Å². The first-order valence-corrected chi connectivity index (χ1v) is 8.03. The van der Waals surface area contributed by atoms with Crippen LogP contribution in [-0.2, 0) is 16.0 Å². The highest BCUT2D eigenvalue weighted by molar-refractivity contribution is 5.87. The highest BCUT2D eigenvalue weighted by Gasteiger charge is 2.20. The number of carboxylic acid groups (broad SMARTS) is 1. The molecule has 6 nitrogen and oxygen atoms in total. The molecule has 25 heavy (non-hydrogen) atoms. The molecule has 0 aliphatic heterocycles. The first-order chi connectivity index (χ1) is 12.0. The summed E-state index contributed by atoms with van der Waals surface area (Å²) in [6, 6.07) is 14.4. The van der Waals surface area contributed by atoms with Crippen LogP contribution in [0, 0.1) is 6.92 Å². The van der Waals surface area contributed by atoms with Crippen molar-refractivity contribution >= 4 is 22.8 Å². The van der Waals surface area contributed by atoms with Crippen LogP contribution in [0.25, 0.3) is 10.9 Å². The molecule has 3 aromatic rings. The Kier molecular flexibility index (Phi) is 4.79. The molecule has 1 aromatic heterocycles. The minimum absolute atomic E-state index is 0.114. The number of aromatic amines is 1. The smallest absolute Gasteiger partial charge is 0.305 e. The summed E-state index contributed by atoms with van der Waals surface area (Å²) in [5.41, 5.74) is 3.27. The molecule has 1 atom stereocenters. The number of aryl methyl sites for hydroxylation is 1. The fourth-order valence-corrected chi connectivity index (χ4v) is 2.95. The summed E-state index contributed by atoms with van der Waals surface area (Å²) < 4.78 is 0. The topological polar surface area (TPSA) is 95.1 Å². The Morgan fingerprint density at radius 1 is 1.16 bits per heavy atom. The van der Waals surface area contributed by atoms with Gasteiger partial charge in [-0.1, -0.05) is 42.5 Å². The molecule has 0 fully saturated rings. The van der Waals surface area contributed by atoms with Crippen LogP contribution < -0.4 is 5.32 Å². The third-order valence-electron chi connectivity index (χ3n) is 4.16. The second-order valence-corrected chi connectivity index (χ2v) is 5.97. The van der Waals surface area contributed by atoms with Crippen molar-refractivity contribution < 1.29 is 14.7 Å². The summed E-state index contributed by atoms with van der Waals surface area (Å²) >= 11 is 0. The van der Waals surface area contributed by atoms with E-state index in [2.05, 4.69) is 15.5 Å². The van der Waals surface area contributed by atoms with Gasteiger partial charge in [0.05, 0.1) is 30.1 Å². The number of benzene rings is 2. The molecule has 0 saturated heterocycles. The Balaban J connectivity index is 1.78. The van der Waals surface area contributed by atoms with E-state index in [4.69, 9.17) is 0 Å². The summed E-state index contributed by atoms with van der Waals surface area (Å²) in [5.74, 6) is -1.20. The summed E-state index contributed by atoms with van der Waals surface area (Å²) in [6.45, 7) is 1.90. The number of hydrogen-bond acceptors (Lipinski definition) is 3. The van der Waals surface area contributed by atoms with Gasteiger partial charge < -0.3 is 10.4 Å². The largest absolute Gasteiger partial charge is 0.481 e. The molecule has 0 spiro atoms. The minimum atomic E-state index is -0.958. The van der Waals surface area contributed by atoms with Crippen molar-refractivity contribution in [1.29, 1.82) is 0 Å². The van der Waals surface area contributed by atoms with Crippen LogP contribution in [-0.4, -0.2) is 27.2 Å². The van der Waals surface area contributed by atoms with Crippen molar-refractivity contribution in [3.63, 3.8) is 0 Å². The van der Waals surface area contributed by atoms with Crippen LogP contribution in [0.2, 0.25) is 0 Å². The minimum Gasteiger partial charge on any atom is -0.481 e. The average molecular weight is 337 g/mol. The lowest BCUT2D eigenvalue weighted by molar-refractivity contribution is -0.137. The third kappa shape index (κ3) is 3.85. The van der Waals surface area contributed by atoms with Gasteiger partial charge in [-0.05, 0) is 24.1 Å². The Bertz CT molecular complexity index is 917. The number of para-hydroxylation sites is 1. The van der Waals surface area contributed by atoms with E-state index in [9.17, 15) is 14.7 Å². The molecule has 0 aliphatic carbocycles. The Morgan fingerprint density at radius 3 is 2.64 bits per heavy atom. The molecule has 0 saturated carbocycles. The Morgan fingerprint density at radius 2 is 1.88 bits per heavy atom. The number of aliphatic carboxylic acids is 1. The van der Waals surface area contributed by atoms with E-state index >= 15 is 0 Å². The van der Waals surface area contributed by atoms with Gasteiger partial charge in [0.25, 0.3) is 0 Å². The normalized spacial score (nSPS) is 12.0. The van der Waals surface area contributed by atoms with E-state index in [0.29, 0.717) is 5.69 Å². The number of amides is 1. The monoisotopic (exact) mass is 337 g/mol. The number of nitrogens with zero attached hydrogens (tertiary/aromatic N) is 1. The Hall–Kier alpha value is -3.15. The van der Waals surface area contributed by atoms with E-state index in [1.54, 1.807) is 0 Å². The van der Waals surface area contributed by atoms with Gasteiger partial charge in [-0.3, -0.25) is 14.7 Å². The lowest BCUT2D eigenvalue weighted by atomic mass is 9.98. The van der Waals surface area contributed by atoms with Gasteiger partial charge in [-0.25, -0.2) is 0 Å². The molecule has 2 aromatic carbocycles. The van der Waals surface area contributed by atoms with Crippen LogP contribution in [0.15, 0.2) is 48.5 Å². The van der Waals surface area contributed by atoms with Gasteiger partial charge in [-0.15, -0.1) is 0 Å². The molecule has 6 heteroatoms. The van der Waals surface area contributed by atoms with Crippen LogP contribution >= 0.6 is 0 Å². The lowest BCUT2D eigenvalue weighted by Crippen LogP contribution is -2.32. The molecule has 128 valence electrons. The van der Waals surface area contributed by atoms with Gasteiger partial charge in [0, 0.05) is 5.39 Å². The maximum Gasteiger partial charge on any atom is 0.305 e. The van der Waals surface area contributed by atoms with Crippen LogP contribution in [0.3, 0.4) is 0 Å². The molecule has 1 heterocycles. The number of carboxylic acids is 1. The summed E-state index contributed by atoms with van der Waals surface area (Å²) in [5, 5.41) is 20.0. The molecule has 0 bridgehead atoms. The number of nitrogens with one attached hydrogen (secondary N) is 2. The van der Waals surface area contributed by atoms with E-state index in [1.807, 2.05) is 55.5 Å². The lowest BCUT2D eigenvalue weighted by Gasteiger charge is -2.19. The third-order valence-corrected chi connectivity index (χ3v) is 4.16.